The molecule has 0 spiro atoms. The van der Waals surface area contributed by atoms with E-state index in [1.807, 2.05) is 0 Å². The average molecular weight is 444 g/mol. The summed E-state index contributed by atoms with van der Waals surface area (Å²) in [5, 5.41) is 0.644. The highest BCUT2D eigenvalue weighted by Crippen LogP contribution is 2.56. The number of rotatable bonds is 3. The summed E-state index contributed by atoms with van der Waals surface area (Å²) in [6, 6.07) is 4.78. The summed E-state index contributed by atoms with van der Waals surface area (Å²) in [5.74, 6) is 1.03. The van der Waals surface area contributed by atoms with Gasteiger partial charge < -0.3 is 19.4 Å². The number of sulfone groups is 1. The van der Waals surface area contributed by atoms with Crippen LogP contribution >= 0.6 is 0 Å². The molecule has 0 amide bonds. The molecular weight excluding hydrogens is 423 g/mol. The van der Waals surface area contributed by atoms with Gasteiger partial charge in [-0.2, -0.15) is 0 Å². The van der Waals surface area contributed by atoms with E-state index in [2.05, 4.69) is 9.88 Å². The minimum absolute atomic E-state index is 0.00531. The number of hydrogen-bond acceptors (Lipinski definition) is 7. The lowest BCUT2D eigenvalue weighted by atomic mass is 10.1. The molecule has 31 heavy (non-hydrogen) atoms. The van der Waals surface area contributed by atoms with Gasteiger partial charge in [0.2, 0.25) is 0 Å². The lowest BCUT2D eigenvalue weighted by Crippen LogP contribution is -2.52. The normalized spacial score (nSPS) is 22.0. The summed E-state index contributed by atoms with van der Waals surface area (Å²) in [6.45, 7) is 2.09. The molecule has 1 aliphatic carbocycles. The molecule has 2 aliphatic heterocycles. The van der Waals surface area contributed by atoms with Crippen molar-refractivity contribution < 1.29 is 22.3 Å². The third-order valence-corrected chi connectivity index (χ3v) is 8.55. The molecule has 1 aromatic carbocycles. The van der Waals surface area contributed by atoms with E-state index in [0.29, 0.717) is 78.8 Å². The molecule has 1 atom stereocenters. The Labute approximate surface area is 178 Å². The van der Waals surface area contributed by atoms with Crippen LogP contribution in [0.2, 0.25) is 0 Å². The standard InChI is InChI=1S/C21H21FN4O4S/c1-31(27,28)21(5-6-21)18-17-20(26-8-9-29-10-12(26)11-30-17)25-19(24-18)14-2-3-15(22)16-13(14)4-7-23-16/h2-4,7,12,23H,5-6,8-11H2,1H3/t12-/m0/s1. The van der Waals surface area contributed by atoms with Crippen molar-refractivity contribution in [2.45, 2.75) is 23.6 Å². The Hall–Kier alpha value is -2.72. The zero-order valence-electron chi connectivity index (χ0n) is 16.9. The number of ether oxygens (including phenoxy) is 2. The Balaban J connectivity index is 1.62. The Morgan fingerprint density at radius 2 is 2.06 bits per heavy atom. The lowest BCUT2D eigenvalue weighted by molar-refractivity contribution is 0.0692. The number of nitrogens with one attached hydrogen (secondary N) is 1. The molecule has 3 aromatic rings. The number of benzene rings is 1. The number of anilines is 1. The fourth-order valence-electron chi connectivity index (χ4n) is 4.66. The summed E-state index contributed by atoms with van der Waals surface area (Å²) in [5.41, 5.74) is 1.42. The number of fused-ring (bicyclic) bond motifs is 4. The van der Waals surface area contributed by atoms with Crippen molar-refractivity contribution in [1.29, 1.82) is 0 Å². The third kappa shape index (κ3) is 2.71. The van der Waals surface area contributed by atoms with Crippen LogP contribution in [0.4, 0.5) is 10.2 Å². The molecule has 0 unspecified atom stereocenters. The molecule has 2 fully saturated rings. The minimum Gasteiger partial charge on any atom is -0.486 e. The molecule has 10 heteroatoms. The molecule has 2 aromatic heterocycles. The molecule has 0 bridgehead atoms. The van der Waals surface area contributed by atoms with Gasteiger partial charge in [-0.3, -0.25) is 0 Å². The van der Waals surface area contributed by atoms with Crippen LogP contribution in [0.1, 0.15) is 18.5 Å². The number of halogens is 1. The van der Waals surface area contributed by atoms with E-state index in [9.17, 15) is 12.8 Å². The van der Waals surface area contributed by atoms with E-state index in [1.165, 1.54) is 12.3 Å². The molecule has 0 radical (unpaired) electrons. The van der Waals surface area contributed by atoms with Gasteiger partial charge in [-0.25, -0.2) is 22.8 Å². The van der Waals surface area contributed by atoms with Crippen LogP contribution in [0.25, 0.3) is 22.3 Å². The number of nitrogens with zero attached hydrogens (tertiary/aromatic N) is 3. The summed E-state index contributed by atoms with van der Waals surface area (Å²) >= 11 is 0. The van der Waals surface area contributed by atoms with E-state index in [1.54, 1.807) is 18.3 Å². The highest BCUT2D eigenvalue weighted by molar-refractivity contribution is 7.92. The molecule has 3 aliphatic rings. The maximum atomic E-state index is 14.3. The highest BCUT2D eigenvalue weighted by Gasteiger charge is 2.58. The van der Waals surface area contributed by atoms with Crippen molar-refractivity contribution in [3.63, 3.8) is 0 Å². The molecule has 162 valence electrons. The van der Waals surface area contributed by atoms with Crippen LogP contribution in [0.3, 0.4) is 0 Å². The third-order valence-electron chi connectivity index (χ3n) is 6.53. The SMILES string of the molecule is CS(=O)(=O)C1(c2nc(-c3ccc(F)c4[nH]ccc34)nc3c2OC[C@@H]2COCCN32)CC1. The number of morpholine rings is 1. The zero-order valence-corrected chi connectivity index (χ0v) is 17.7. The monoisotopic (exact) mass is 444 g/mol. The quantitative estimate of drug-likeness (QED) is 0.662. The van der Waals surface area contributed by atoms with E-state index >= 15 is 0 Å². The van der Waals surface area contributed by atoms with Gasteiger partial charge >= 0.3 is 0 Å². The Morgan fingerprint density at radius 3 is 2.84 bits per heavy atom. The van der Waals surface area contributed by atoms with Crippen molar-refractivity contribution >= 4 is 26.6 Å². The van der Waals surface area contributed by atoms with Crippen LogP contribution in [0.15, 0.2) is 24.4 Å². The molecule has 1 saturated heterocycles. The predicted octanol–water partition coefficient (Wildman–Crippen LogP) is 2.40. The van der Waals surface area contributed by atoms with E-state index < -0.39 is 14.6 Å². The number of aromatic amines is 1. The van der Waals surface area contributed by atoms with Gasteiger partial charge in [-0.05, 0) is 31.0 Å². The van der Waals surface area contributed by atoms with Crippen LogP contribution in [0, 0.1) is 5.82 Å². The lowest BCUT2D eigenvalue weighted by Gasteiger charge is -2.41. The van der Waals surface area contributed by atoms with E-state index in [0.717, 1.165) is 0 Å². The largest absolute Gasteiger partial charge is 0.486 e. The fraction of sp³-hybridized carbons (Fsp3) is 0.429. The van der Waals surface area contributed by atoms with Gasteiger partial charge in [0.1, 0.15) is 22.9 Å². The van der Waals surface area contributed by atoms with Gasteiger partial charge in [0.05, 0.1) is 24.8 Å². The van der Waals surface area contributed by atoms with Crippen molar-refractivity contribution in [2.24, 2.45) is 0 Å². The van der Waals surface area contributed by atoms with Gasteiger partial charge in [-0.15, -0.1) is 0 Å². The fourth-order valence-corrected chi connectivity index (χ4v) is 5.99. The van der Waals surface area contributed by atoms with Crippen LogP contribution in [-0.2, 0) is 19.3 Å². The molecular formula is C21H21FN4O4S. The van der Waals surface area contributed by atoms with Gasteiger partial charge in [-0.1, -0.05) is 0 Å². The summed E-state index contributed by atoms with van der Waals surface area (Å²) in [7, 11) is -3.42. The maximum Gasteiger partial charge on any atom is 0.185 e. The van der Waals surface area contributed by atoms with Crippen LogP contribution in [-0.4, -0.2) is 62.0 Å². The van der Waals surface area contributed by atoms with Gasteiger partial charge in [0.15, 0.2) is 27.2 Å². The van der Waals surface area contributed by atoms with Crippen LogP contribution < -0.4 is 9.64 Å². The first-order chi connectivity index (χ1) is 14.9. The van der Waals surface area contributed by atoms with Crippen molar-refractivity contribution in [3.8, 4) is 17.1 Å². The smallest absolute Gasteiger partial charge is 0.185 e. The second-order valence-electron chi connectivity index (χ2n) is 8.41. The van der Waals surface area contributed by atoms with Crippen molar-refractivity contribution in [1.82, 2.24) is 15.0 Å². The number of H-pyrrole nitrogens is 1. The van der Waals surface area contributed by atoms with Gasteiger partial charge in [0.25, 0.3) is 0 Å². The first kappa shape index (κ1) is 19.0. The topological polar surface area (TPSA) is 97.4 Å². The molecule has 6 rings (SSSR count). The molecule has 1 N–H and O–H groups in total. The Kier molecular flexibility index (Phi) is 3.92. The first-order valence-corrected chi connectivity index (χ1v) is 12.1. The summed E-state index contributed by atoms with van der Waals surface area (Å²) in [6.07, 6.45) is 3.90. The molecule has 8 nitrogen and oxygen atoms in total. The molecule has 1 saturated carbocycles. The minimum atomic E-state index is -3.42. The summed E-state index contributed by atoms with van der Waals surface area (Å²) in [4.78, 5) is 14.6. The number of hydrogen-bond donors (Lipinski definition) is 1. The maximum absolute atomic E-state index is 14.3. The Bertz CT molecular complexity index is 1320. The van der Waals surface area contributed by atoms with Crippen molar-refractivity contribution in [2.75, 3.05) is 37.5 Å². The number of aromatic nitrogens is 3. The summed E-state index contributed by atoms with van der Waals surface area (Å²) < 4.78 is 50.3. The van der Waals surface area contributed by atoms with Crippen molar-refractivity contribution in [3.05, 3.63) is 35.9 Å². The van der Waals surface area contributed by atoms with E-state index in [-0.39, 0.29) is 11.9 Å². The average Bonchev–Trinajstić information content (AvgIpc) is 3.44. The van der Waals surface area contributed by atoms with Crippen LogP contribution in [0.5, 0.6) is 5.75 Å². The molecule has 4 heterocycles. The van der Waals surface area contributed by atoms with Gasteiger partial charge in [0, 0.05) is 29.9 Å². The predicted molar refractivity (Wildman–Crippen MR) is 112 cm³/mol. The Morgan fingerprint density at radius 1 is 1.23 bits per heavy atom. The first-order valence-electron chi connectivity index (χ1n) is 10.2. The highest BCUT2D eigenvalue weighted by atomic mass is 32.2. The second-order valence-corrected chi connectivity index (χ2v) is 10.7. The zero-order chi connectivity index (χ0) is 21.4. The van der Waals surface area contributed by atoms with E-state index in [4.69, 9.17) is 19.4 Å². The second kappa shape index (κ2) is 6.39.